The zero-order chi connectivity index (χ0) is 18.8. The Balaban J connectivity index is 2.00. The molecule has 0 saturated heterocycles. The van der Waals surface area contributed by atoms with Crippen LogP contribution in [0.3, 0.4) is 0 Å². The van der Waals surface area contributed by atoms with Crippen molar-refractivity contribution in [1.82, 2.24) is 4.57 Å². The van der Waals surface area contributed by atoms with Crippen LogP contribution in [0.1, 0.15) is 29.3 Å². The van der Waals surface area contributed by atoms with Crippen molar-refractivity contribution in [3.8, 4) is 5.88 Å². The average molecular weight is 390 g/mol. The van der Waals surface area contributed by atoms with E-state index in [1.165, 1.54) is 0 Å². The molecule has 3 N–H and O–H groups in total. The first-order valence-corrected chi connectivity index (χ1v) is 8.85. The summed E-state index contributed by atoms with van der Waals surface area (Å²) < 4.78 is 1.26. The lowest BCUT2D eigenvalue weighted by Gasteiger charge is -2.14. The van der Waals surface area contributed by atoms with E-state index in [2.05, 4.69) is 4.99 Å². The normalized spacial score (nSPS) is 15.2. The average Bonchev–Trinajstić information content (AvgIpc) is 3.11. The maximum absolute atomic E-state index is 11.5. The fourth-order valence-corrected chi connectivity index (χ4v) is 4.04. The van der Waals surface area contributed by atoms with E-state index in [0.29, 0.717) is 4.88 Å². The van der Waals surface area contributed by atoms with Gasteiger partial charge in [0.15, 0.2) is 3.95 Å². The minimum absolute atomic E-state index is 0.162. The summed E-state index contributed by atoms with van der Waals surface area (Å²) in [7, 11) is 0. The van der Waals surface area contributed by atoms with Crippen LogP contribution in [0.2, 0.25) is 0 Å². The van der Waals surface area contributed by atoms with E-state index in [1.807, 2.05) is 24.3 Å². The molecule has 3 rings (SSSR count). The third kappa shape index (κ3) is 3.44. The highest BCUT2D eigenvalue weighted by Crippen LogP contribution is 2.37. The zero-order valence-corrected chi connectivity index (χ0v) is 15.0. The van der Waals surface area contributed by atoms with Crippen LogP contribution in [0.25, 0.3) is 11.6 Å². The molecule has 0 amide bonds. The molecule has 0 bridgehead atoms. The molecule has 1 aliphatic rings. The van der Waals surface area contributed by atoms with E-state index in [0.717, 1.165) is 32.7 Å². The smallest absolute Gasteiger partial charge is 0.326 e. The van der Waals surface area contributed by atoms with Crippen molar-refractivity contribution in [3.05, 3.63) is 38.7 Å². The largest absolute Gasteiger partial charge is 0.493 e. The van der Waals surface area contributed by atoms with Crippen molar-refractivity contribution in [3.63, 3.8) is 0 Å². The molecule has 0 spiro atoms. The van der Waals surface area contributed by atoms with Crippen LogP contribution >= 0.6 is 23.6 Å². The molecule has 134 valence electrons. The maximum Gasteiger partial charge on any atom is 0.326 e. The monoisotopic (exact) mass is 390 g/mol. The second kappa shape index (κ2) is 7.22. The first-order valence-electron chi connectivity index (χ1n) is 7.62. The Morgan fingerprint density at radius 1 is 1.31 bits per heavy atom. The quantitative estimate of drug-likeness (QED) is 0.648. The van der Waals surface area contributed by atoms with Crippen LogP contribution in [0.4, 0.5) is 5.69 Å². The van der Waals surface area contributed by atoms with Crippen molar-refractivity contribution in [2.75, 3.05) is 0 Å². The van der Waals surface area contributed by atoms with Gasteiger partial charge in [-0.3, -0.25) is 14.4 Å². The number of hydrogen-bond donors (Lipinski definition) is 3. The third-order valence-corrected chi connectivity index (χ3v) is 5.25. The summed E-state index contributed by atoms with van der Waals surface area (Å²) in [5.74, 6) is -2.65. The van der Waals surface area contributed by atoms with Crippen molar-refractivity contribution >= 4 is 59.0 Å². The van der Waals surface area contributed by atoms with Crippen LogP contribution in [-0.4, -0.2) is 38.0 Å². The van der Waals surface area contributed by atoms with Crippen LogP contribution in [0.15, 0.2) is 29.3 Å². The fraction of sp³-hybridized carbons (Fsp3) is 0.176. The predicted molar refractivity (Wildman–Crippen MR) is 101 cm³/mol. The van der Waals surface area contributed by atoms with Gasteiger partial charge in [0, 0.05) is 23.8 Å². The Bertz CT molecular complexity index is 1000. The molecular weight excluding hydrogens is 376 g/mol. The highest BCUT2D eigenvalue weighted by atomic mass is 32.1. The predicted octanol–water partition coefficient (Wildman–Crippen LogP) is 3.73. The Labute approximate surface area is 157 Å². The van der Waals surface area contributed by atoms with Gasteiger partial charge in [-0.15, -0.1) is 11.3 Å². The number of thiazole rings is 1. The Hall–Kier alpha value is -2.78. The lowest BCUT2D eigenvalue weighted by Crippen LogP contribution is -2.20. The second-order valence-electron chi connectivity index (χ2n) is 5.59. The first kappa shape index (κ1) is 18.0. The number of benzene rings is 1. The summed E-state index contributed by atoms with van der Waals surface area (Å²) in [4.78, 5) is 27.0. The maximum atomic E-state index is 11.5. The second-order valence-corrected chi connectivity index (χ2v) is 7.26. The number of nitrogens with zero attached hydrogens (tertiary/aromatic N) is 2. The Kier molecular flexibility index (Phi) is 5.01. The third-order valence-electron chi connectivity index (χ3n) is 3.92. The molecule has 0 saturated carbocycles. The number of aromatic hydroxyl groups is 1. The number of fused-ring (bicyclic) bond motifs is 1. The van der Waals surface area contributed by atoms with E-state index >= 15 is 0 Å². The van der Waals surface area contributed by atoms with Crippen LogP contribution in [0.5, 0.6) is 5.88 Å². The van der Waals surface area contributed by atoms with E-state index in [9.17, 15) is 19.8 Å². The summed E-state index contributed by atoms with van der Waals surface area (Å²) in [6.07, 6.45) is 2.84. The van der Waals surface area contributed by atoms with Gasteiger partial charge in [-0.2, -0.15) is 0 Å². The van der Waals surface area contributed by atoms with Gasteiger partial charge in [0.1, 0.15) is 6.04 Å². The molecule has 1 aromatic heterocycles. The van der Waals surface area contributed by atoms with E-state index in [4.69, 9.17) is 17.3 Å². The molecule has 1 atom stereocenters. The number of carboxylic acid groups (broad SMARTS) is 2. The van der Waals surface area contributed by atoms with E-state index < -0.39 is 18.0 Å². The summed E-state index contributed by atoms with van der Waals surface area (Å²) in [5.41, 5.74) is 2.49. The Morgan fingerprint density at radius 3 is 2.73 bits per heavy atom. The summed E-state index contributed by atoms with van der Waals surface area (Å²) in [6.45, 7) is 0. The van der Waals surface area contributed by atoms with Crippen molar-refractivity contribution < 1.29 is 24.9 Å². The van der Waals surface area contributed by atoms with Gasteiger partial charge < -0.3 is 15.3 Å². The lowest BCUT2D eigenvalue weighted by molar-refractivity contribution is -0.142. The number of para-hydroxylation sites is 1. The molecular formula is C17H14N2O5S2. The summed E-state index contributed by atoms with van der Waals surface area (Å²) in [5, 5.41) is 28.7. The standard InChI is InChI=1S/C17H14N2O5S2/c20-14(21)6-5-12(16(23)24)19-15(22)13(26-17(19)25)7-9-8-18-11-4-2-1-3-10(9)11/h1-4,7-8,12,22H,5-6H2,(H,20,21)(H,23,24)/b9-7-. The molecule has 7 nitrogen and oxygen atoms in total. The topological polar surface area (TPSA) is 112 Å². The minimum Gasteiger partial charge on any atom is -0.493 e. The molecule has 9 heteroatoms. The lowest BCUT2D eigenvalue weighted by atomic mass is 10.1. The van der Waals surface area contributed by atoms with Gasteiger partial charge in [-0.1, -0.05) is 18.2 Å². The molecule has 1 aliphatic heterocycles. The number of allylic oxidation sites excluding steroid dienone is 1. The molecule has 1 aromatic carbocycles. The number of carboxylic acids is 2. The van der Waals surface area contributed by atoms with Crippen LogP contribution in [-0.2, 0) is 9.59 Å². The first-order chi connectivity index (χ1) is 12.4. The molecule has 26 heavy (non-hydrogen) atoms. The molecule has 1 unspecified atom stereocenters. The molecule has 2 heterocycles. The van der Waals surface area contributed by atoms with Gasteiger partial charge in [0.2, 0.25) is 5.88 Å². The van der Waals surface area contributed by atoms with Gasteiger partial charge in [0.05, 0.1) is 10.6 Å². The number of hydrogen-bond acceptors (Lipinski definition) is 6. The number of aromatic nitrogens is 1. The highest BCUT2D eigenvalue weighted by molar-refractivity contribution is 7.73. The van der Waals surface area contributed by atoms with Crippen molar-refractivity contribution in [2.45, 2.75) is 18.9 Å². The molecule has 0 aliphatic carbocycles. The molecule has 2 aromatic rings. The minimum atomic E-state index is -1.25. The molecule has 0 fully saturated rings. The number of aliphatic carboxylic acids is 2. The van der Waals surface area contributed by atoms with Crippen LogP contribution in [0, 0.1) is 3.95 Å². The highest BCUT2D eigenvalue weighted by Gasteiger charge is 2.26. The van der Waals surface area contributed by atoms with E-state index in [1.54, 1.807) is 12.3 Å². The Morgan fingerprint density at radius 2 is 2.04 bits per heavy atom. The van der Waals surface area contributed by atoms with Gasteiger partial charge >= 0.3 is 11.9 Å². The number of rotatable bonds is 6. The van der Waals surface area contributed by atoms with Crippen molar-refractivity contribution in [2.24, 2.45) is 4.99 Å². The summed E-state index contributed by atoms with van der Waals surface area (Å²) in [6, 6.07) is 6.27. The number of aliphatic imine (C=N–C) groups is 1. The van der Waals surface area contributed by atoms with Gasteiger partial charge in [-0.25, -0.2) is 4.79 Å². The van der Waals surface area contributed by atoms with Gasteiger partial charge in [0.25, 0.3) is 0 Å². The SMILES string of the molecule is O=C(O)CCC(C(=O)O)n1c(O)c(/C=C2/C=Nc3ccccc32)sc1=S. The molecule has 0 radical (unpaired) electrons. The van der Waals surface area contributed by atoms with Crippen LogP contribution < -0.4 is 0 Å². The summed E-state index contributed by atoms with van der Waals surface area (Å²) >= 11 is 6.26. The number of carbonyl (C=O) groups is 2. The zero-order valence-electron chi connectivity index (χ0n) is 13.3. The fourth-order valence-electron chi connectivity index (χ4n) is 2.68. The van der Waals surface area contributed by atoms with E-state index in [-0.39, 0.29) is 22.7 Å². The van der Waals surface area contributed by atoms with Crippen molar-refractivity contribution in [1.29, 1.82) is 0 Å². The van der Waals surface area contributed by atoms with Gasteiger partial charge in [-0.05, 0) is 30.8 Å².